The van der Waals surface area contributed by atoms with E-state index < -0.39 is 6.04 Å². The van der Waals surface area contributed by atoms with Gasteiger partial charge in [0.15, 0.2) is 0 Å². The molecule has 0 aliphatic carbocycles. The molecule has 1 atom stereocenters. The number of hydrogen-bond acceptors (Lipinski definition) is 6. The third-order valence-corrected chi connectivity index (χ3v) is 2.72. The molecule has 1 rings (SSSR count). The molecule has 1 aromatic rings. The molecule has 1 aromatic heterocycles. The van der Waals surface area contributed by atoms with Gasteiger partial charge in [-0.05, 0) is 19.8 Å². The summed E-state index contributed by atoms with van der Waals surface area (Å²) in [5.41, 5.74) is 0.885. The van der Waals surface area contributed by atoms with E-state index in [-0.39, 0.29) is 11.9 Å². The topological polar surface area (TPSA) is 76.1 Å². The molecule has 0 fully saturated rings. The first-order valence-corrected chi connectivity index (χ1v) is 6.41. The minimum absolute atomic E-state index is 0.101. The van der Waals surface area contributed by atoms with Gasteiger partial charge in [-0.15, -0.1) is 0 Å². The van der Waals surface area contributed by atoms with E-state index in [1.165, 1.54) is 7.11 Å². The van der Waals surface area contributed by atoms with Crippen molar-refractivity contribution >= 4 is 17.7 Å². The fourth-order valence-electron chi connectivity index (χ4n) is 1.60. The second-order valence-corrected chi connectivity index (χ2v) is 4.64. The molecule has 0 saturated heterocycles. The van der Waals surface area contributed by atoms with Gasteiger partial charge in [-0.25, -0.2) is 9.78 Å². The van der Waals surface area contributed by atoms with Gasteiger partial charge in [0.1, 0.15) is 11.9 Å². The number of rotatable bonds is 6. The van der Waals surface area contributed by atoms with Crippen molar-refractivity contribution in [2.24, 2.45) is 5.92 Å². The smallest absolute Gasteiger partial charge is 0.328 e. The first-order valence-electron chi connectivity index (χ1n) is 6.41. The number of aryl methyl sites for hydroxylation is 1. The maximum Gasteiger partial charge on any atom is 0.328 e. The van der Waals surface area contributed by atoms with E-state index in [9.17, 15) is 4.79 Å². The van der Waals surface area contributed by atoms with E-state index in [4.69, 9.17) is 4.74 Å². The summed E-state index contributed by atoms with van der Waals surface area (Å²) in [5.74, 6) is 1.00. The lowest BCUT2D eigenvalue weighted by Crippen LogP contribution is -2.36. The second kappa shape index (κ2) is 6.92. The fraction of sp³-hybridized carbons (Fsp3) is 0.615. The number of nitrogens with one attached hydrogen (secondary N) is 2. The van der Waals surface area contributed by atoms with Crippen LogP contribution in [-0.2, 0) is 9.53 Å². The van der Waals surface area contributed by atoms with Crippen molar-refractivity contribution in [2.75, 3.05) is 24.3 Å². The SMILES string of the molecule is CCNc1ncc(C)c(NC(C(=O)OC)C(C)C)n1. The van der Waals surface area contributed by atoms with E-state index >= 15 is 0 Å². The Balaban J connectivity index is 2.95. The summed E-state index contributed by atoms with van der Waals surface area (Å²) in [4.78, 5) is 20.3. The molecule has 0 bridgehead atoms. The largest absolute Gasteiger partial charge is 0.467 e. The number of ether oxygens (including phenoxy) is 1. The van der Waals surface area contributed by atoms with Gasteiger partial charge < -0.3 is 15.4 Å². The maximum atomic E-state index is 11.7. The molecular weight excluding hydrogens is 244 g/mol. The molecule has 0 aliphatic heterocycles. The number of nitrogens with zero attached hydrogens (tertiary/aromatic N) is 2. The van der Waals surface area contributed by atoms with Crippen molar-refractivity contribution in [2.45, 2.75) is 33.7 Å². The van der Waals surface area contributed by atoms with Gasteiger partial charge in [0.2, 0.25) is 5.95 Å². The molecule has 1 heterocycles. The molecule has 0 saturated carbocycles. The Morgan fingerprint density at radius 3 is 2.68 bits per heavy atom. The van der Waals surface area contributed by atoms with Gasteiger partial charge >= 0.3 is 5.97 Å². The molecule has 2 N–H and O–H groups in total. The van der Waals surface area contributed by atoms with E-state index in [0.29, 0.717) is 11.8 Å². The van der Waals surface area contributed by atoms with Crippen LogP contribution >= 0.6 is 0 Å². The number of aromatic nitrogens is 2. The third-order valence-electron chi connectivity index (χ3n) is 2.72. The fourth-order valence-corrected chi connectivity index (χ4v) is 1.60. The number of hydrogen-bond donors (Lipinski definition) is 2. The van der Waals surface area contributed by atoms with Gasteiger partial charge in [-0.3, -0.25) is 0 Å². The first-order chi connectivity index (χ1) is 8.99. The number of anilines is 2. The van der Waals surface area contributed by atoms with Crippen molar-refractivity contribution in [3.8, 4) is 0 Å². The summed E-state index contributed by atoms with van der Waals surface area (Å²) < 4.78 is 4.80. The lowest BCUT2D eigenvalue weighted by molar-refractivity contribution is -0.142. The molecule has 0 radical (unpaired) electrons. The Morgan fingerprint density at radius 2 is 2.16 bits per heavy atom. The van der Waals surface area contributed by atoms with Crippen LogP contribution in [0.5, 0.6) is 0 Å². The van der Waals surface area contributed by atoms with Crippen LogP contribution in [0.3, 0.4) is 0 Å². The van der Waals surface area contributed by atoms with E-state index in [2.05, 4.69) is 20.6 Å². The highest BCUT2D eigenvalue weighted by atomic mass is 16.5. The van der Waals surface area contributed by atoms with Crippen LogP contribution in [0.15, 0.2) is 6.20 Å². The molecule has 0 aliphatic rings. The zero-order valence-electron chi connectivity index (χ0n) is 12.2. The minimum Gasteiger partial charge on any atom is -0.467 e. The lowest BCUT2D eigenvalue weighted by Gasteiger charge is -2.21. The minimum atomic E-state index is -0.423. The molecule has 0 aromatic carbocycles. The highest BCUT2D eigenvalue weighted by molar-refractivity contribution is 5.79. The zero-order valence-corrected chi connectivity index (χ0v) is 12.2. The summed E-state index contributed by atoms with van der Waals surface area (Å²) in [5, 5.41) is 6.17. The summed E-state index contributed by atoms with van der Waals surface area (Å²) in [6.07, 6.45) is 1.72. The molecular formula is C13H22N4O2. The maximum absolute atomic E-state index is 11.7. The first kappa shape index (κ1) is 15.2. The standard InChI is InChI=1S/C13H22N4O2/c1-6-14-13-15-7-9(4)11(17-13)16-10(8(2)3)12(18)19-5/h7-8,10H,6H2,1-5H3,(H2,14,15,16,17). The zero-order chi connectivity index (χ0) is 14.4. The number of carbonyl (C=O) groups excluding carboxylic acids is 1. The third kappa shape index (κ3) is 4.08. The Morgan fingerprint density at radius 1 is 1.47 bits per heavy atom. The van der Waals surface area contributed by atoms with Crippen molar-refractivity contribution in [3.05, 3.63) is 11.8 Å². The second-order valence-electron chi connectivity index (χ2n) is 4.64. The van der Waals surface area contributed by atoms with Crippen molar-refractivity contribution in [1.29, 1.82) is 0 Å². The molecule has 6 nitrogen and oxygen atoms in total. The van der Waals surface area contributed by atoms with Crippen molar-refractivity contribution in [1.82, 2.24) is 9.97 Å². The Kier molecular flexibility index (Phi) is 5.54. The van der Waals surface area contributed by atoms with Crippen LogP contribution in [0.1, 0.15) is 26.3 Å². The van der Waals surface area contributed by atoms with Gasteiger partial charge in [0, 0.05) is 18.3 Å². The number of methoxy groups -OCH3 is 1. The molecule has 19 heavy (non-hydrogen) atoms. The van der Waals surface area contributed by atoms with Crippen LogP contribution in [-0.4, -0.2) is 35.6 Å². The van der Waals surface area contributed by atoms with Crippen LogP contribution < -0.4 is 10.6 Å². The molecule has 6 heteroatoms. The highest BCUT2D eigenvalue weighted by Gasteiger charge is 2.24. The van der Waals surface area contributed by atoms with Crippen LogP contribution in [0.4, 0.5) is 11.8 Å². The molecule has 0 spiro atoms. The predicted octanol–water partition coefficient (Wildman–Crippen LogP) is 1.83. The Hall–Kier alpha value is -1.85. The van der Waals surface area contributed by atoms with Gasteiger partial charge in [-0.2, -0.15) is 4.98 Å². The molecule has 0 amide bonds. The van der Waals surface area contributed by atoms with E-state index in [1.807, 2.05) is 27.7 Å². The molecule has 1 unspecified atom stereocenters. The monoisotopic (exact) mass is 266 g/mol. The summed E-state index contributed by atoms with van der Waals surface area (Å²) >= 11 is 0. The van der Waals surface area contributed by atoms with Crippen LogP contribution in [0.2, 0.25) is 0 Å². The highest BCUT2D eigenvalue weighted by Crippen LogP contribution is 2.17. The summed E-state index contributed by atoms with van der Waals surface area (Å²) in [6, 6.07) is -0.423. The Labute approximate surface area is 114 Å². The van der Waals surface area contributed by atoms with E-state index in [0.717, 1.165) is 12.1 Å². The lowest BCUT2D eigenvalue weighted by atomic mass is 10.0. The predicted molar refractivity (Wildman–Crippen MR) is 75.2 cm³/mol. The molecule has 106 valence electrons. The van der Waals surface area contributed by atoms with Gasteiger partial charge in [0.05, 0.1) is 7.11 Å². The van der Waals surface area contributed by atoms with E-state index in [1.54, 1.807) is 6.20 Å². The number of esters is 1. The van der Waals surface area contributed by atoms with Gasteiger partial charge in [0.25, 0.3) is 0 Å². The van der Waals surface area contributed by atoms with Crippen molar-refractivity contribution in [3.63, 3.8) is 0 Å². The van der Waals surface area contributed by atoms with Crippen LogP contribution in [0.25, 0.3) is 0 Å². The van der Waals surface area contributed by atoms with Gasteiger partial charge in [-0.1, -0.05) is 13.8 Å². The van der Waals surface area contributed by atoms with Crippen LogP contribution in [0, 0.1) is 12.8 Å². The summed E-state index contributed by atoms with van der Waals surface area (Å²) in [6.45, 7) is 8.52. The average Bonchev–Trinajstić information content (AvgIpc) is 2.38. The van der Waals surface area contributed by atoms with Crippen molar-refractivity contribution < 1.29 is 9.53 Å². The summed E-state index contributed by atoms with van der Waals surface area (Å²) in [7, 11) is 1.39. The average molecular weight is 266 g/mol. The number of carbonyl (C=O) groups is 1. The quantitative estimate of drug-likeness (QED) is 0.765. The Bertz CT molecular complexity index is 435. The normalized spacial score (nSPS) is 12.1.